The SMILES string of the molecule is CC(C)n1cc(Br)cc1C(=O)Nc1cccc(N2CCCC2=O)c1. The number of rotatable bonds is 4. The number of halogens is 1. The second-order valence-electron chi connectivity index (χ2n) is 6.20. The summed E-state index contributed by atoms with van der Waals surface area (Å²) in [6.07, 6.45) is 3.37. The Bertz CT molecular complexity index is 782. The number of anilines is 2. The fourth-order valence-corrected chi connectivity index (χ4v) is 3.36. The number of nitrogens with zero attached hydrogens (tertiary/aromatic N) is 2. The molecule has 1 aromatic heterocycles. The molecule has 1 aliphatic heterocycles. The van der Waals surface area contributed by atoms with Crippen molar-refractivity contribution in [1.82, 2.24) is 4.57 Å². The van der Waals surface area contributed by atoms with Crippen LogP contribution in [0, 0.1) is 0 Å². The Hall–Kier alpha value is -2.08. The van der Waals surface area contributed by atoms with Crippen molar-refractivity contribution < 1.29 is 9.59 Å². The molecular weight excluding hydrogens is 370 g/mol. The quantitative estimate of drug-likeness (QED) is 0.850. The molecule has 126 valence electrons. The van der Waals surface area contributed by atoms with E-state index < -0.39 is 0 Å². The van der Waals surface area contributed by atoms with Crippen molar-refractivity contribution in [2.45, 2.75) is 32.7 Å². The molecule has 5 nitrogen and oxygen atoms in total. The van der Waals surface area contributed by atoms with E-state index in [-0.39, 0.29) is 17.9 Å². The molecule has 0 radical (unpaired) electrons. The number of carbonyl (C=O) groups excluding carboxylic acids is 2. The maximum Gasteiger partial charge on any atom is 0.272 e. The number of amides is 2. The monoisotopic (exact) mass is 389 g/mol. The molecule has 1 N–H and O–H groups in total. The van der Waals surface area contributed by atoms with Gasteiger partial charge < -0.3 is 14.8 Å². The summed E-state index contributed by atoms with van der Waals surface area (Å²) in [6.45, 7) is 4.80. The molecule has 0 aliphatic carbocycles. The molecule has 3 rings (SSSR count). The zero-order valence-electron chi connectivity index (χ0n) is 13.8. The van der Waals surface area contributed by atoms with Crippen LogP contribution in [0.3, 0.4) is 0 Å². The first-order valence-electron chi connectivity index (χ1n) is 8.05. The van der Waals surface area contributed by atoms with Gasteiger partial charge in [-0.2, -0.15) is 0 Å². The van der Waals surface area contributed by atoms with Crippen LogP contribution in [0.1, 0.15) is 43.2 Å². The Kier molecular flexibility index (Phi) is 4.76. The standard InChI is InChI=1S/C18H20BrN3O2/c1-12(2)22-11-13(19)9-16(22)18(24)20-14-5-3-6-15(10-14)21-8-4-7-17(21)23/h3,5-6,9-12H,4,7-8H2,1-2H3,(H,20,24). The minimum Gasteiger partial charge on any atom is -0.340 e. The van der Waals surface area contributed by atoms with Crippen molar-refractivity contribution >= 4 is 39.1 Å². The van der Waals surface area contributed by atoms with Gasteiger partial charge in [-0.3, -0.25) is 9.59 Å². The molecule has 0 bridgehead atoms. The molecule has 6 heteroatoms. The Labute approximate surface area is 149 Å². The lowest BCUT2D eigenvalue weighted by atomic mass is 10.2. The van der Waals surface area contributed by atoms with Gasteiger partial charge in [0.05, 0.1) is 0 Å². The van der Waals surface area contributed by atoms with Crippen LogP contribution < -0.4 is 10.2 Å². The van der Waals surface area contributed by atoms with Crippen molar-refractivity contribution in [2.24, 2.45) is 0 Å². The van der Waals surface area contributed by atoms with Gasteiger partial charge in [-0.05, 0) is 60.5 Å². The molecule has 0 unspecified atom stereocenters. The van der Waals surface area contributed by atoms with Gasteiger partial charge in [-0.25, -0.2) is 0 Å². The van der Waals surface area contributed by atoms with Crippen LogP contribution in [-0.4, -0.2) is 22.9 Å². The summed E-state index contributed by atoms with van der Waals surface area (Å²) in [4.78, 5) is 26.3. The molecule has 2 aromatic rings. The van der Waals surface area contributed by atoms with Gasteiger partial charge in [-0.15, -0.1) is 0 Å². The van der Waals surface area contributed by atoms with Gasteiger partial charge in [0.15, 0.2) is 0 Å². The summed E-state index contributed by atoms with van der Waals surface area (Å²) in [5, 5.41) is 2.93. The van der Waals surface area contributed by atoms with E-state index in [1.165, 1.54) is 0 Å². The number of carbonyl (C=O) groups is 2. The molecule has 0 spiro atoms. The molecule has 1 fully saturated rings. The van der Waals surface area contributed by atoms with Crippen LogP contribution in [0.2, 0.25) is 0 Å². The van der Waals surface area contributed by atoms with Gasteiger partial charge in [0.1, 0.15) is 5.69 Å². The molecule has 2 amide bonds. The number of aromatic nitrogens is 1. The topological polar surface area (TPSA) is 54.3 Å². The normalized spacial score (nSPS) is 14.5. The molecule has 1 saturated heterocycles. The summed E-state index contributed by atoms with van der Waals surface area (Å²) >= 11 is 3.42. The maximum absolute atomic E-state index is 12.6. The van der Waals surface area contributed by atoms with E-state index in [0.717, 1.165) is 23.1 Å². The number of hydrogen-bond acceptors (Lipinski definition) is 2. The van der Waals surface area contributed by atoms with Crippen LogP contribution in [-0.2, 0) is 4.79 Å². The zero-order chi connectivity index (χ0) is 17.3. The molecule has 1 aliphatic rings. The summed E-state index contributed by atoms with van der Waals surface area (Å²) in [5.41, 5.74) is 2.11. The summed E-state index contributed by atoms with van der Waals surface area (Å²) in [6, 6.07) is 9.42. The largest absolute Gasteiger partial charge is 0.340 e. The fraction of sp³-hybridized carbons (Fsp3) is 0.333. The smallest absolute Gasteiger partial charge is 0.272 e. The van der Waals surface area contributed by atoms with E-state index in [0.29, 0.717) is 17.8 Å². The number of benzene rings is 1. The second kappa shape index (κ2) is 6.81. The average molecular weight is 390 g/mol. The van der Waals surface area contributed by atoms with Crippen molar-refractivity contribution in [3.05, 3.63) is 46.7 Å². The van der Waals surface area contributed by atoms with Crippen LogP contribution in [0.5, 0.6) is 0 Å². The minimum absolute atomic E-state index is 0.135. The highest BCUT2D eigenvalue weighted by molar-refractivity contribution is 9.10. The van der Waals surface area contributed by atoms with E-state index in [9.17, 15) is 9.59 Å². The Morgan fingerprint density at radius 2 is 2.08 bits per heavy atom. The predicted molar refractivity (Wildman–Crippen MR) is 98.5 cm³/mol. The first-order valence-corrected chi connectivity index (χ1v) is 8.84. The van der Waals surface area contributed by atoms with E-state index in [1.54, 1.807) is 4.90 Å². The average Bonchev–Trinajstić information content (AvgIpc) is 3.13. The van der Waals surface area contributed by atoms with Crippen molar-refractivity contribution in [3.8, 4) is 0 Å². The number of hydrogen-bond donors (Lipinski definition) is 1. The zero-order valence-corrected chi connectivity index (χ0v) is 15.3. The minimum atomic E-state index is -0.167. The summed E-state index contributed by atoms with van der Waals surface area (Å²) < 4.78 is 2.80. The third kappa shape index (κ3) is 3.38. The Balaban J connectivity index is 1.81. The Morgan fingerprint density at radius 3 is 2.75 bits per heavy atom. The van der Waals surface area contributed by atoms with Crippen molar-refractivity contribution in [2.75, 3.05) is 16.8 Å². The maximum atomic E-state index is 12.6. The number of nitrogens with one attached hydrogen (secondary N) is 1. The molecule has 1 aromatic carbocycles. The van der Waals surface area contributed by atoms with Gasteiger partial charge >= 0.3 is 0 Å². The lowest BCUT2D eigenvalue weighted by Crippen LogP contribution is -2.24. The molecular formula is C18H20BrN3O2. The summed E-state index contributed by atoms with van der Waals surface area (Å²) in [7, 11) is 0. The van der Waals surface area contributed by atoms with Gasteiger partial charge in [0.25, 0.3) is 5.91 Å². The first kappa shape index (κ1) is 16.8. The first-order chi connectivity index (χ1) is 11.5. The van der Waals surface area contributed by atoms with Gasteiger partial charge in [0, 0.05) is 41.1 Å². The fourth-order valence-electron chi connectivity index (χ4n) is 2.92. The van der Waals surface area contributed by atoms with Crippen molar-refractivity contribution in [1.29, 1.82) is 0 Å². The molecule has 2 heterocycles. The highest BCUT2D eigenvalue weighted by Crippen LogP contribution is 2.25. The molecule has 0 atom stereocenters. The van der Waals surface area contributed by atoms with E-state index in [4.69, 9.17) is 0 Å². The highest BCUT2D eigenvalue weighted by Gasteiger charge is 2.22. The van der Waals surface area contributed by atoms with E-state index in [1.807, 2.05) is 54.9 Å². The van der Waals surface area contributed by atoms with Crippen LogP contribution in [0.15, 0.2) is 41.0 Å². The van der Waals surface area contributed by atoms with E-state index in [2.05, 4.69) is 21.2 Å². The lowest BCUT2D eigenvalue weighted by molar-refractivity contribution is -0.117. The third-order valence-corrected chi connectivity index (χ3v) is 4.53. The molecule has 0 saturated carbocycles. The van der Waals surface area contributed by atoms with Crippen LogP contribution in [0.25, 0.3) is 0 Å². The van der Waals surface area contributed by atoms with Crippen LogP contribution in [0.4, 0.5) is 11.4 Å². The highest BCUT2D eigenvalue weighted by atomic mass is 79.9. The van der Waals surface area contributed by atoms with E-state index >= 15 is 0 Å². The van der Waals surface area contributed by atoms with Gasteiger partial charge in [0.2, 0.25) is 5.91 Å². The Morgan fingerprint density at radius 1 is 1.29 bits per heavy atom. The molecule has 24 heavy (non-hydrogen) atoms. The lowest BCUT2D eigenvalue weighted by Gasteiger charge is -2.17. The predicted octanol–water partition coefficient (Wildman–Crippen LogP) is 4.21. The van der Waals surface area contributed by atoms with Crippen LogP contribution >= 0.6 is 15.9 Å². The third-order valence-electron chi connectivity index (χ3n) is 4.09. The van der Waals surface area contributed by atoms with Gasteiger partial charge in [-0.1, -0.05) is 6.07 Å². The van der Waals surface area contributed by atoms with Crippen molar-refractivity contribution in [3.63, 3.8) is 0 Å². The second-order valence-corrected chi connectivity index (χ2v) is 7.11. The summed E-state index contributed by atoms with van der Waals surface area (Å²) in [5.74, 6) is -0.0320.